The molecule has 1 aliphatic rings. The molecule has 1 aromatic carbocycles. The first-order valence-electron chi connectivity index (χ1n) is 11.5. The summed E-state index contributed by atoms with van der Waals surface area (Å²) < 4.78 is 12.7. The molecule has 1 atom stereocenters. The lowest BCUT2D eigenvalue weighted by Gasteiger charge is -2.38. The van der Waals surface area contributed by atoms with Crippen molar-refractivity contribution in [3.05, 3.63) is 28.9 Å². The van der Waals surface area contributed by atoms with Gasteiger partial charge in [0.15, 0.2) is 6.61 Å². The van der Waals surface area contributed by atoms with Crippen LogP contribution in [-0.2, 0) is 16.1 Å². The fraction of sp³-hybridized carbons (Fsp3) is 0.583. The van der Waals surface area contributed by atoms with E-state index in [0.29, 0.717) is 40.5 Å². The number of nitrogens with one attached hydrogen (secondary N) is 1. The zero-order valence-corrected chi connectivity index (χ0v) is 20.4. The molecule has 33 heavy (non-hydrogen) atoms. The van der Waals surface area contributed by atoms with Crippen molar-refractivity contribution in [2.75, 3.05) is 33.4 Å². The van der Waals surface area contributed by atoms with Crippen LogP contribution in [-0.4, -0.2) is 71.9 Å². The lowest BCUT2D eigenvalue weighted by molar-refractivity contribution is -0.139. The van der Waals surface area contributed by atoms with E-state index in [1.54, 1.807) is 19.2 Å². The summed E-state index contributed by atoms with van der Waals surface area (Å²) in [5.41, 5.74) is 1.07. The predicted molar refractivity (Wildman–Crippen MR) is 128 cm³/mol. The first kappa shape index (κ1) is 25.3. The van der Waals surface area contributed by atoms with Crippen LogP contribution in [0.15, 0.2) is 18.2 Å². The van der Waals surface area contributed by atoms with Gasteiger partial charge in [-0.2, -0.15) is 0 Å². The SMILES string of the molecule is COCCCCn1c(C(=O)N(C(C)C)[C@@H]2CCCNC2)c(Cl)c2cccc(OCC(=O)O)c21. The molecule has 0 spiro atoms. The van der Waals surface area contributed by atoms with Gasteiger partial charge in [0.2, 0.25) is 0 Å². The third-order valence-corrected chi connectivity index (χ3v) is 6.35. The molecule has 8 nitrogen and oxygen atoms in total. The van der Waals surface area contributed by atoms with Crippen molar-refractivity contribution in [3.8, 4) is 5.75 Å². The number of hydrogen-bond donors (Lipinski definition) is 2. The summed E-state index contributed by atoms with van der Waals surface area (Å²) in [6.45, 7) is 6.44. The third-order valence-electron chi connectivity index (χ3n) is 5.97. The highest BCUT2D eigenvalue weighted by molar-refractivity contribution is 6.39. The summed E-state index contributed by atoms with van der Waals surface area (Å²) in [5, 5.41) is 13.6. The molecule has 2 aromatic rings. The Morgan fingerprint density at radius 3 is 2.76 bits per heavy atom. The second-order valence-corrected chi connectivity index (χ2v) is 9.03. The Hall–Kier alpha value is -2.29. The van der Waals surface area contributed by atoms with Crippen molar-refractivity contribution in [1.82, 2.24) is 14.8 Å². The zero-order chi connectivity index (χ0) is 24.0. The van der Waals surface area contributed by atoms with E-state index >= 15 is 0 Å². The summed E-state index contributed by atoms with van der Waals surface area (Å²) in [5.74, 6) is -0.780. The fourth-order valence-corrected chi connectivity index (χ4v) is 4.89. The molecular formula is C24H34ClN3O5. The number of para-hydroxylation sites is 1. The van der Waals surface area contributed by atoms with Gasteiger partial charge in [0.05, 0.1) is 10.5 Å². The van der Waals surface area contributed by atoms with Crippen LogP contribution in [0.5, 0.6) is 5.75 Å². The van der Waals surface area contributed by atoms with Crippen molar-refractivity contribution in [3.63, 3.8) is 0 Å². The Kier molecular flexibility index (Phi) is 9.00. The lowest BCUT2D eigenvalue weighted by atomic mass is 10.0. The summed E-state index contributed by atoms with van der Waals surface area (Å²) in [6, 6.07) is 5.41. The summed E-state index contributed by atoms with van der Waals surface area (Å²) in [4.78, 5) is 27.0. The number of hydrogen-bond acceptors (Lipinski definition) is 5. The quantitative estimate of drug-likeness (QED) is 0.476. The van der Waals surface area contributed by atoms with Crippen LogP contribution in [0.2, 0.25) is 5.02 Å². The van der Waals surface area contributed by atoms with Gasteiger partial charge in [-0.3, -0.25) is 4.79 Å². The van der Waals surface area contributed by atoms with Gasteiger partial charge in [-0.15, -0.1) is 0 Å². The van der Waals surface area contributed by atoms with Crippen LogP contribution in [0.3, 0.4) is 0 Å². The van der Waals surface area contributed by atoms with Gasteiger partial charge < -0.3 is 29.4 Å². The molecule has 1 aromatic heterocycles. The molecule has 9 heteroatoms. The second kappa shape index (κ2) is 11.7. The van der Waals surface area contributed by atoms with Crippen molar-refractivity contribution >= 4 is 34.4 Å². The van der Waals surface area contributed by atoms with Crippen molar-refractivity contribution in [2.24, 2.45) is 0 Å². The number of aliphatic carboxylic acids is 1. The number of carbonyl (C=O) groups is 2. The van der Waals surface area contributed by atoms with Gasteiger partial charge in [0.25, 0.3) is 5.91 Å². The Morgan fingerprint density at radius 1 is 1.33 bits per heavy atom. The maximum absolute atomic E-state index is 14.0. The van der Waals surface area contributed by atoms with E-state index in [1.807, 2.05) is 29.4 Å². The topological polar surface area (TPSA) is 93.0 Å². The highest BCUT2D eigenvalue weighted by Crippen LogP contribution is 2.38. The highest BCUT2D eigenvalue weighted by atomic mass is 35.5. The van der Waals surface area contributed by atoms with E-state index in [-0.39, 0.29) is 18.0 Å². The van der Waals surface area contributed by atoms with Gasteiger partial charge in [-0.05, 0) is 52.1 Å². The smallest absolute Gasteiger partial charge is 0.341 e. The molecule has 0 unspecified atom stereocenters. The molecule has 2 heterocycles. The third kappa shape index (κ3) is 5.80. The number of aromatic nitrogens is 1. The molecule has 1 amide bonds. The van der Waals surface area contributed by atoms with Crippen molar-refractivity contribution < 1.29 is 24.2 Å². The Bertz CT molecular complexity index is 969. The maximum atomic E-state index is 14.0. The molecule has 1 aliphatic heterocycles. The number of aryl methyl sites for hydroxylation is 1. The number of carbonyl (C=O) groups excluding carboxylic acids is 1. The lowest BCUT2D eigenvalue weighted by Crippen LogP contribution is -2.52. The van der Waals surface area contributed by atoms with E-state index in [1.165, 1.54) is 0 Å². The molecule has 0 bridgehead atoms. The number of amides is 1. The number of carboxylic acids is 1. The normalized spacial score (nSPS) is 16.3. The highest BCUT2D eigenvalue weighted by Gasteiger charge is 2.33. The summed E-state index contributed by atoms with van der Waals surface area (Å²) >= 11 is 6.84. The van der Waals surface area contributed by atoms with E-state index < -0.39 is 12.6 Å². The van der Waals surface area contributed by atoms with E-state index in [4.69, 9.17) is 26.2 Å². The minimum absolute atomic E-state index is 0.00107. The predicted octanol–water partition coefficient (Wildman–Crippen LogP) is 3.79. The first-order valence-corrected chi connectivity index (χ1v) is 11.9. The fourth-order valence-electron chi connectivity index (χ4n) is 4.56. The largest absolute Gasteiger partial charge is 0.480 e. The number of methoxy groups -OCH3 is 1. The van der Waals surface area contributed by atoms with Gasteiger partial charge in [0.1, 0.15) is 11.4 Å². The number of unbranched alkanes of at least 4 members (excludes halogenated alkanes) is 1. The molecule has 0 radical (unpaired) electrons. The summed E-state index contributed by atoms with van der Waals surface area (Å²) in [7, 11) is 1.66. The molecule has 1 saturated heterocycles. The van der Waals surface area contributed by atoms with Crippen LogP contribution in [0.25, 0.3) is 10.9 Å². The zero-order valence-electron chi connectivity index (χ0n) is 19.6. The van der Waals surface area contributed by atoms with Crippen LogP contribution >= 0.6 is 11.6 Å². The molecule has 182 valence electrons. The molecule has 2 N–H and O–H groups in total. The molecule has 3 rings (SSSR count). The van der Waals surface area contributed by atoms with Gasteiger partial charge in [0, 0.05) is 44.3 Å². The number of benzene rings is 1. The molecule has 0 aliphatic carbocycles. The van der Waals surface area contributed by atoms with Crippen LogP contribution in [0.1, 0.15) is 50.0 Å². The Balaban J connectivity index is 2.09. The number of ether oxygens (including phenoxy) is 2. The van der Waals surface area contributed by atoms with E-state index in [2.05, 4.69) is 5.32 Å². The number of rotatable bonds is 11. The second-order valence-electron chi connectivity index (χ2n) is 8.66. The minimum atomic E-state index is -1.07. The number of fused-ring (bicyclic) bond motifs is 1. The number of nitrogens with zero attached hydrogens (tertiary/aromatic N) is 2. The number of piperidine rings is 1. The maximum Gasteiger partial charge on any atom is 0.341 e. The van der Waals surface area contributed by atoms with Gasteiger partial charge >= 0.3 is 5.97 Å². The van der Waals surface area contributed by atoms with E-state index in [9.17, 15) is 9.59 Å². The van der Waals surface area contributed by atoms with E-state index in [0.717, 1.165) is 38.8 Å². The Labute approximate surface area is 199 Å². The van der Waals surface area contributed by atoms with Gasteiger partial charge in [-0.25, -0.2) is 4.79 Å². The standard InChI is InChI=1S/C24H34ClN3O5/c1-16(2)28(17-8-7-11-26-14-17)24(31)23-21(25)18-9-6-10-19(33-15-20(29)30)22(18)27(23)12-4-5-13-32-3/h6,9-10,16-17,26H,4-5,7-8,11-15H2,1-3H3,(H,29,30)/t17-/m1/s1. The van der Waals surface area contributed by atoms with Crippen LogP contribution in [0.4, 0.5) is 0 Å². The summed E-state index contributed by atoms with van der Waals surface area (Å²) in [6.07, 6.45) is 3.55. The average Bonchev–Trinajstić information content (AvgIpc) is 3.08. The monoisotopic (exact) mass is 479 g/mol. The molecular weight excluding hydrogens is 446 g/mol. The molecule has 0 saturated carbocycles. The molecule has 1 fully saturated rings. The van der Waals surface area contributed by atoms with Crippen LogP contribution in [0, 0.1) is 0 Å². The number of carboxylic acid groups (broad SMARTS) is 1. The van der Waals surface area contributed by atoms with Crippen molar-refractivity contribution in [2.45, 2.75) is 58.2 Å². The number of halogens is 1. The minimum Gasteiger partial charge on any atom is -0.480 e. The first-order chi connectivity index (χ1) is 15.9. The average molecular weight is 480 g/mol. The Morgan fingerprint density at radius 2 is 2.12 bits per heavy atom. The van der Waals surface area contributed by atoms with Gasteiger partial charge in [-0.1, -0.05) is 23.7 Å². The van der Waals surface area contributed by atoms with Crippen LogP contribution < -0.4 is 10.1 Å². The van der Waals surface area contributed by atoms with Crippen molar-refractivity contribution in [1.29, 1.82) is 0 Å².